The number of aliphatic hydroxyl groups is 4. The van der Waals surface area contributed by atoms with Crippen LogP contribution in [0.15, 0.2) is 42.7 Å². The SMILES string of the molecule is C#Cc1cccc(Nc2ncnc3cc(OCCN4C[C@H](O)[C@@H](O)[C@H](O)[C@H]4CO)c(OC)cc23)c1. The fourth-order valence-electron chi connectivity index (χ4n) is 4.17. The van der Waals surface area contributed by atoms with Gasteiger partial charge in [-0.05, 0) is 24.3 Å². The fourth-order valence-corrected chi connectivity index (χ4v) is 4.17. The molecule has 0 bridgehead atoms. The third kappa shape index (κ3) is 5.30. The van der Waals surface area contributed by atoms with Crippen LogP contribution in [0.4, 0.5) is 11.5 Å². The summed E-state index contributed by atoms with van der Waals surface area (Å²) in [4.78, 5) is 10.4. The van der Waals surface area contributed by atoms with Crippen molar-refractivity contribution in [1.29, 1.82) is 0 Å². The molecule has 4 rings (SSSR count). The Hall–Kier alpha value is -3.46. The van der Waals surface area contributed by atoms with Gasteiger partial charge in [-0.15, -0.1) is 6.42 Å². The van der Waals surface area contributed by atoms with E-state index in [0.29, 0.717) is 29.4 Å². The van der Waals surface area contributed by atoms with E-state index < -0.39 is 24.4 Å². The van der Waals surface area contributed by atoms with Crippen molar-refractivity contribution in [1.82, 2.24) is 14.9 Å². The highest BCUT2D eigenvalue weighted by Gasteiger charge is 2.40. The van der Waals surface area contributed by atoms with Gasteiger partial charge in [-0.1, -0.05) is 12.0 Å². The molecule has 0 amide bonds. The number of anilines is 2. The van der Waals surface area contributed by atoms with Crippen molar-refractivity contribution in [3.63, 3.8) is 0 Å². The third-order valence-electron chi connectivity index (χ3n) is 6.06. The maximum absolute atomic E-state index is 10.2. The van der Waals surface area contributed by atoms with Gasteiger partial charge in [-0.25, -0.2) is 9.97 Å². The van der Waals surface area contributed by atoms with Crippen molar-refractivity contribution in [3.8, 4) is 23.8 Å². The average molecular weight is 481 g/mol. The number of likely N-dealkylation sites (tertiary alicyclic amines) is 1. The van der Waals surface area contributed by atoms with Gasteiger partial charge >= 0.3 is 0 Å². The highest BCUT2D eigenvalue weighted by Crippen LogP contribution is 2.35. The molecule has 2 aromatic carbocycles. The van der Waals surface area contributed by atoms with E-state index in [-0.39, 0.29) is 19.8 Å². The van der Waals surface area contributed by atoms with Crippen LogP contribution >= 0.6 is 0 Å². The van der Waals surface area contributed by atoms with Crippen LogP contribution in [0.25, 0.3) is 10.9 Å². The summed E-state index contributed by atoms with van der Waals surface area (Å²) < 4.78 is 11.5. The molecule has 1 saturated heterocycles. The van der Waals surface area contributed by atoms with Gasteiger partial charge in [-0.3, -0.25) is 4.90 Å². The lowest BCUT2D eigenvalue weighted by Gasteiger charge is -2.42. The first kappa shape index (κ1) is 24.7. The second-order valence-electron chi connectivity index (χ2n) is 8.23. The van der Waals surface area contributed by atoms with E-state index in [1.54, 1.807) is 17.0 Å². The highest BCUT2D eigenvalue weighted by molar-refractivity contribution is 5.93. The molecule has 0 radical (unpaired) electrons. The van der Waals surface area contributed by atoms with E-state index >= 15 is 0 Å². The Bertz CT molecular complexity index is 1220. The predicted molar refractivity (Wildman–Crippen MR) is 130 cm³/mol. The molecule has 10 nitrogen and oxygen atoms in total. The molecule has 0 spiro atoms. The smallest absolute Gasteiger partial charge is 0.163 e. The van der Waals surface area contributed by atoms with Crippen molar-refractivity contribution in [3.05, 3.63) is 48.3 Å². The Morgan fingerprint density at radius 1 is 1.14 bits per heavy atom. The number of aliphatic hydroxyl groups excluding tert-OH is 4. The van der Waals surface area contributed by atoms with Gasteiger partial charge in [0, 0.05) is 35.8 Å². The van der Waals surface area contributed by atoms with Crippen LogP contribution in [-0.2, 0) is 0 Å². The highest BCUT2D eigenvalue weighted by atomic mass is 16.5. The molecule has 10 heteroatoms. The van der Waals surface area contributed by atoms with E-state index in [9.17, 15) is 20.4 Å². The lowest BCUT2D eigenvalue weighted by atomic mass is 9.94. The van der Waals surface area contributed by atoms with Gasteiger partial charge in [0.25, 0.3) is 0 Å². The summed E-state index contributed by atoms with van der Waals surface area (Å²) in [5.74, 6) is 4.11. The standard InChI is InChI=1S/C25H28N4O6/c1-3-15-5-4-6-16(9-15)28-25-17-10-21(34-2)22(11-18(17)26-14-27-25)35-8-7-29-12-20(31)24(33)23(32)19(29)13-30/h1,4-6,9-11,14,19-20,23-24,30-33H,7-8,12-13H2,2H3,(H,26,27,28)/t19-,20+,23-,24-/m1/s1. The van der Waals surface area contributed by atoms with Crippen molar-refractivity contribution >= 4 is 22.4 Å². The predicted octanol–water partition coefficient (Wildman–Crippen LogP) is 0.501. The fraction of sp³-hybridized carbons (Fsp3) is 0.360. The summed E-state index contributed by atoms with van der Waals surface area (Å²) in [5, 5.41) is 43.6. The van der Waals surface area contributed by atoms with Gasteiger partial charge in [0.2, 0.25) is 0 Å². The number of aromatic nitrogens is 2. The van der Waals surface area contributed by atoms with Gasteiger partial charge in [0.05, 0.1) is 31.4 Å². The molecule has 184 valence electrons. The first-order valence-electron chi connectivity index (χ1n) is 11.1. The first-order valence-corrected chi connectivity index (χ1v) is 11.1. The molecule has 5 N–H and O–H groups in total. The number of hydrogen-bond donors (Lipinski definition) is 5. The number of terminal acetylenes is 1. The molecular formula is C25H28N4O6. The summed E-state index contributed by atoms with van der Waals surface area (Å²) in [6.07, 6.45) is 3.25. The van der Waals surface area contributed by atoms with E-state index in [1.807, 2.05) is 24.3 Å². The van der Waals surface area contributed by atoms with Gasteiger partial charge in [0.15, 0.2) is 11.5 Å². The molecule has 1 aromatic heterocycles. The number of β-amino-alcohol motifs (C(OH)–C–C–N with tert-alkyl or cyclic N) is 1. The molecule has 35 heavy (non-hydrogen) atoms. The number of nitrogens with zero attached hydrogens (tertiary/aromatic N) is 3. The second-order valence-corrected chi connectivity index (χ2v) is 8.23. The molecule has 3 aromatic rings. The zero-order chi connectivity index (χ0) is 24.9. The molecule has 0 unspecified atom stereocenters. The lowest BCUT2D eigenvalue weighted by Crippen LogP contribution is -2.63. The molecule has 1 aliphatic heterocycles. The number of nitrogens with one attached hydrogen (secondary N) is 1. The minimum Gasteiger partial charge on any atom is -0.493 e. The van der Waals surface area contributed by atoms with Crippen LogP contribution in [-0.4, -0.2) is 93.1 Å². The summed E-state index contributed by atoms with van der Waals surface area (Å²) in [6, 6.07) is 10.2. The lowest BCUT2D eigenvalue weighted by molar-refractivity contribution is -0.146. The Labute approximate surface area is 202 Å². The molecule has 0 saturated carbocycles. The Balaban J connectivity index is 1.51. The quantitative estimate of drug-likeness (QED) is 0.290. The van der Waals surface area contributed by atoms with Crippen molar-refractivity contribution in [2.75, 3.05) is 38.7 Å². The van der Waals surface area contributed by atoms with Crippen LogP contribution in [0.5, 0.6) is 11.5 Å². The van der Waals surface area contributed by atoms with Crippen LogP contribution in [0.3, 0.4) is 0 Å². The average Bonchev–Trinajstić information content (AvgIpc) is 2.87. The van der Waals surface area contributed by atoms with Crippen LogP contribution in [0, 0.1) is 12.3 Å². The van der Waals surface area contributed by atoms with Crippen LogP contribution in [0.2, 0.25) is 0 Å². The van der Waals surface area contributed by atoms with Crippen molar-refractivity contribution in [2.45, 2.75) is 24.4 Å². The second kappa shape index (κ2) is 10.9. The number of ether oxygens (including phenoxy) is 2. The summed E-state index contributed by atoms with van der Waals surface area (Å²) >= 11 is 0. The zero-order valence-electron chi connectivity index (χ0n) is 19.2. The molecule has 2 heterocycles. The monoisotopic (exact) mass is 480 g/mol. The maximum atomic E-state index is 10.2. The normalized spacial score (nSPS) is 22.5. The number of hydrogen-bond acceptors (Lipinski definition) is 10. The topological polar surface area (TPSA) is 140 Å². The van der Waals surface area contributed by atoms with Crippen molar-refractivity contribution < 1.29 is 29.9 Å². The van der Waals surface area contributed by atoms with Gasteiger partial charge in [0.1, 0.15) is 31.0 Å². The summed E-state index contributed by atoms with van der Waals surface area (Å²) in [5.41, 5.74) is 2.16. The maximum Gasteiger partial charge on any atom is 0.163 e. The van der Waals surface area contributed by atoms with E-state index in [2.05, 4.69) is 21.2 Å². The number of benzene rings is 2. The Kier molecular flexibility index (Phi) is 7.65. The summed E-state index contributed by atoms with van der Waals surface area (Å²) in [6.45, 7) is 0.227. The Morgan fingerprint density at radius 2 is 1.97 bits per heavy atom. The van der Waals surface area contributed by atoms with E-state index in [0.717, 1.165) is 16.6 Å². The van der Waals surface area contributed by atoms with Crippen LogP contribution < -0.4 is 14.8 Å². The number of rotatable bonds is 8. The van der Waals surface area contributed by atoms with Crippen LogP contribution in [0.1, 0.15) is 5.56 Å². The number of piperidine rings is 1. The van der Waals surface area contributed by atoms with E-state index in [1.165, 1.54) is 13.4 Å². The minimum atomic E-state index is -1.30. The molecule has 1 fully saturated rings. The van der Waals surface area contributed by atoms with Crippen molar-refractivity contribution in [2.24, 2.45) is 0 Å². The molecule has 0 aliphatic carbocycles. The summed E-state index contributed by atoms with van der Waals surface area (Å²) in [7, 11) is 1.53. The first-order chi connectivity index (χ1) is 16.9. The largest absolute Gasteiger partial charge is 0.493 e. The number of fused-ring (bicyclic) bond motifs is 1. The van der Waals surface area contributed by atoms with Gasteiger partial charge in [-0.2, -0.15) is 0 Å². The zero-order valence-corrected chi connectivity index (χ0v) is 19.2. The Morgan fingerprint density at radius 3 is 2.71 bits per heavy atom. The van der Waals surface area contributed by atoms with E-state index in [4.69, 9.17) is 15.9 Å². The molecular weight excluding hydrogens is 452 g/mol. The van der Waals surface area contributed by atoms with Gasteiger partial charge < -0.3 is 35.2 Å². The third-order valence-corrected chi connectivity index (χ3v) is 6.06. The molecule has 4 atom stereocenters. The number of methoxy groups -OCH3 is 1. The molecule has 1 aliphatic rings. The minimum absolute atomic E-state index is 0.102.